The lowest BCUT2D eigenvalue weighted by atomic mass is 9.90. The zero-order valence-corrected chi connectivity index (χ0v) is 34.8. The van der Waals surface area contributed by atoms with Gasteiger partial charge in [0.05, 0.1) is 29.6 Å². The minimum absolute atomic E-state index is 0.0424. The van der Waals surface area contributed by atoms with Gasteiger partial charge in [-0.25, -0.2) is 14.1 Å². The lowest BCUT2D eigenvalue weighted by Crippen LogP contribution is -2.48. The molecule has 3 fully saturated rings. The number of hydrogen-bond donors (Lipinski definition) is 2. The third kappa shape index (κ3) is 9.87. The summed E-state index contributed by atoms with van der Waals surface area (Å²) in [6, 6.07) is 11.5. The molecule has 59 heavy (non-hydrogen) atoms. The molecule has 18 nitrogen and oxygen atoms in total. The number of para-hydroxylation sites is 1. The van der Waals surface area contributed by atoms with Crippen LogP contribution in [-0.2, 0) is 57.6 Å². The van der Waals surface area contributed by atoms with Gasteiger partial charge in [-0.15, -0.1) is 0 Å². The maximum absolute atomic E-state index is 15.0. The van der Waals surface area contributed by atoms with E-state index in [0.717, 1.165) is 19.2 Å². The number of nitrogens with zero attached hydrogens (tertiary/aromatic N) is 4. The third-order valence-corrected chi connectivity index (χ3v) is 11.7. The summed E-state index contributed by atoms with van der Waals surface area (Å²) in [5, 5.41) is 18.0. The highest BCUT2D eigenvalue weighted by Gasteiger charge is 2.63. The summed E-state index contributed by atoms with van der Waals surface area (Å²) in [5.41, 5.74) is 2.02. The molecule has 6 atom stereocenters. The Balaban J connectivity index is 1.39. The summed E-state index contributed by atoms with van der Waals surface area (Å²) in [6.45, 7) is 8.89. The van der Waals surface area contributed by atoms with E-state index in [1.165, 1.54) is 22.7 Å². The van der Waals surface area contributed by atoms with Crippen LogP contribution in [-0.4, -0.2) is 81.6 Å². The van der Waals surface area contributed by atoms with Gasteiger partial charge in [0.1, 0.15) is 48.0 Å². The zero-order chi connectivity index (χ0) is 42.8. The molecule has 0 unspecified atom stereocenters. The van der Waals surface area contributed by atoms with E-state index in [1.54, 1.807) is 65.8 Å². The maximum Gasteiger partial charge on any atom is 0.459 e. The monoisotopic (exact) mass is 838 g/mol. The average Bonchev–Trinajstić information content (AvgIpc) is 3.70. The molecule has 2 aliphatic carbocycles. The Morgan fingerprint density at radius 3 is 2.17 bits per heavy atom. The molecule has 6 rings (SSSR count). The number of aromatic nitrogens is 3. The number of benzene rings is 1. The van der Waals surface area contributed by atoms with Crippen LogP contribution in [0.5, 0.6) is 5.75 Å². The summed E-state index contributed by atoms with van der Waals surface area (Å²) in [4.78, 5) is 58.0. The van der Waals surface area contributed by atoms with Crippen LogP contribution in [0.3, 0.4) is 0 Å². The highest BCUT2D eigenvalue weighted by Crippen LogP contribution is 2.49. The van der Waals surface area contributed by atoms with Crippen LogP contribution in [0.4, 0.5) is 5.82 Å². The summed E-state index contributed by atoms with van der Waals surface area (Å²) in [5.74, 6) is -2.96. The van der Waals surface area contributed by atoms with Gasteiger partial charge >= 0.3 is 31.6 Å². The summed E-state index contributed by atoms with van der Waals surface area (Å²) in [7, 11) is -4.76. The molecular formula is C40H51N6O12P. The number of anilines is 1. The molecule has 1 saturated heterocycles. The van der Waals surface area contributed by atoms with Crippen LogP contribution in [0.1, 0.15) is 92.2 Å². The second kappa shape index (κ2) is 17.3. The Morgan fingerprint density at radius 2 is 1.58 bits per heavy atom. The SMILES string of the molecule is CC(C)(C)C(=O)O[C@H]1[C@@H](OC(=O)C(C)(C)C)[C@](C#N)(c2ccc3c(N)ncnn23)O[C@@H]1CO[P@@](=O)(N[C@@H](CC(=O)OC1CCC1)C(=O)OC1CCC1)Oc1ccccc1. The van der Waals surface area contributed by atoms with Gasteiger partial charge in [0.15, 0.2) is 18.0 Å². The van der Waals surface area contributed by atoms with Crippen molar-refractivity contribution in [3.05, 3.63) is 54.5 Å². The van der Waals surface area contributed by atoms with Gasteiger partial charge in [-0.2, -0.15) is 15.4 Å². The van der Waals surface area contributed by atoms with Crippen LogP contribution in [0.15, 0.2) is 48.8 Å². The molecule has 3 aliphatic rings. The van der Waals surface area contributed by atoms with E-state index in [-0.39, 0.29) is 29.5 Å². The quantitative estimate of drug-likeness (QED) is 0.115. The first-order chi connectivity index (χ1) is 27.8. The van der Waals surface area contributed by atoms with Crippen molar-refractivity contribution in [3.8, 4) is 11.8 Å². The van der Waals surface area contributed by atoms with Gasteiger partial charge in [-0.1, -0.05) is 18.2 Å². The van der Waals surface area contributed by atoms with Crippen molar-refractivity contribution in [1.82, 2.24) is 19.7 Å². The summed E-state index contributed by atoms with van der Waals surface area (Å²) < 4.78 is 58.1. The Bertz CT molecular complexity index is 2120. The highest BCUT2D eigenvalue weighted by molar-refractivity contribution is 7.52. The molecule has 0 spiro atoms. The Labute approximate surface area is 341 Å². The average molecular weight is 839 g/mol. The van der Waals surface area contributed by atoms with E-state index in [1.807, 2.05) is 0 Å². The number of nitrogens with two attached hydrogens (primary N) is 1. The number of nitrogen functional groups attached to an aromatic ring is 1. The lowest BCUT2D eigenvalue weighted by Gasteiger charge is -2.32. The fourth-order valence-corrected chi connectivity index (χ4v) is 7.78. The minimum Gasteiger partial charge on any atom is -0.462 e. The number of esters is 4. The molecule has 0 bridgehead atoms. The number of ether oxygens (including phenoxy) is 5. The molecule has 318 valence electrons. The van der Waals surface area contributed by atoms with Gasteiger partial charge in [0, 0.05) is 0 Å². The fraction of sp³-hybridized carbons (Fsp3) is 0.575. The van der Waals surface area contributed by atoms with Gasteiger partial charge in [-0.3, -0.25) is 23.7 Å². The zero-order valence-electron chi connectivity index (χ0n) is 34.0. The van der Waals surface area contributed by atoms with Crippen LogP contribution in [0.25, 0.3) is 5.52 Å². The topological polar surface area (TPSA) is 242 Å². The van der Waals surface area contributed by atoms with Crippen molar-refractivity contribution in [3.63, 3.8) is 0 Å². The summed E-state index contributed by atoms with van der Waals surface area (Å²) >= 11 is 0. The molecule has 19 heteroatoms. The van der Waals surface area contributed by atoms with Gasteiger partial charge in [0.2, 0.25) is 5.60 Å². The third-order valence-electron chi connectivity index (χ3n) is 10.2. The number of rotatable bonds is 15. The normalized spacial score (nSPS) is 23.8. The number of nitriles is 1. The van der Waals surface area contributed by atoms with Crippen molar-refractivity contribution in [1.29, 1.82) is 5.26 Å². The van der Waals surface area contributed by atoms with Crippen LogP contribution in [0, 0.1) is 22.2 Å². The van der Waals surface area contributed by atoms with Gasteiger partial charge in [0.25, 0.3) is 0 Å². The van der Waals surface area contributed by atoms with E-state index in [4.69, 9.17) is 38.5 Å². The molecular weight excluding hydrogens is 787 g/mol. The Hall–Kier alpha value is -5.08. The molecule has 3 aromatic rings. The molecule has 3 N–H and O–H groups in total. The van der Waals surface area contributed by atoms with E-state index >= 15 is 0 Å². The van der Waals surface area contributed by atoms with Crippen LogP contribution in [0.2, 0.25) is 0 Å². The summed E-state index contributed by atoms with van der Waals surface area (Å²) in [6.07, 6.45) is -0.409. The van der Waals surface area contributed by atoms with Crippen molar-refractivity contribution >= 4 is 43.0 Å². The first-order valence-electron chi connectivity index (χ1n) is 19.6. The van der Waals surface area contributed by atoms with Crippen molar-refractivity contribution in [2.75, 3.05) is 12.3 Å². The van der Waals surface area contributed by atoms with Crippen LogP contribution >= 0.6 is 7.75 Å². The van der Waals surface area contributed by atoms with E-state index in [9.17, 15) is 29.0 Å². The number of fused-ring (bicyclic) bond motifs is 1. The van der Waals surface area contributed by atoms with Gasteiger partial charge < -0.3 is 33.9 Å². The molecule has 3 heterocycles. The molecule has 2 saturated carbocycles. The van der Waals surface area contributed by atoms with Crippen molar-refractivity contribution < 1.29 is 56.5 Å². The predicted molar refractivity (Wildman–Crippen MR) is 208 cm³/mol. The van der Waals surface area contributed by atoms with Crippen LogP contribution < -0.4 is 15.3 Å². The van der Waals surface area contributed by atoms with Crippen molar-refractivity contribution in [2.45, 2.75) is 129 Å². The van der Waals surface area contributed by atoms with Crippen molar-refractivity contribution in [2.24, 2.45) is 10.8 Å². The Kier molecular flexibility index (Phi) is 12.7. The minimum atomic E-state index is -4.76. The lowest BCUT2D eigenvalue weighted by molar-refractivity contribution is -0.179. The first-order valence-corrected chi connectivity index (χ1v) is 21.1. The number of nitrogens with one attached hydrogen (secondary N) is 1. The molecule has 1 aromatic carbocycles. The predicted octanol–water partition coefficient (Wildman–Crippen LogP) is 5.09. The van der Waals surface area contributed by atoms with E-state index in [0.29, 0.717) is 31.2 Å². The molecule has 1 aliphatic heterocycles. The second-order valence-corrected chi connectivity index (χ2v) is 18.7. The smallest absolute Gasteiger partial charge is 0.459 e. The number of carbonyl (C=O) groups is 4. The van der Waals surface area contributed by atoms with E-state index in [2.05, 4.69) is 21.2 Å². The highest BCUT2D eigenvalue weighted by atomic mass is 31.2. The Morgan fingerprint density at radius 1 is 0.949 bits per heavy atom. The first kappa shape index (κ1) is 43.5. The number of carbonyl (C=O) groups excluding carboxylic acids is 4. The number of hydrogen-bond acceptors (Lipinski definition) is 16. The molecule has 0 radical (unpaired) electrons. The maximum atomic E-state index is 15.0. The standard InChI is InChI=1S/C40H51N6O12P/c1-38(2,3)36(49)55-32-29(57-40(22-41,33(32)56-37(50)39(4,5)6)30-19-18-28-34(42)43-23-44-46(28)30)21-52-59(51,58-26-12-8-7-9-13-26)45-27(35(48)54-25-16-11-17-25)20-31(47)53-24-14-10-15-24/h7-9,12-13,18-19,23-25,27,29,32-33H,10-11,14-17,20-21H2,1-6H3,(H,45,51)(H2,42,43,44)/t27-,29+,32+,33+,40-,59-/m0/s1. The molecule has 0 amide bonds. The van der Waals surface area contributed by atoms with Gasteiger partial charge in [-0.05, 0) is 104 Å². The van der Waals surface area contributed by atoms with E-state index < -0.39 is 85.4 Å². The fourth-order valence-electron chi connectivity index (χ4n) is 6.27. The largest absolute Gasteiger partial charge is 0.462 e. The molecule has 2 aromatic heterocycles. The second-order valence-electron chi connectivity index (χ2n) is 17.0.